The molecule has 1 unspecified atom stereocenters. The molecule has 0 bridgehead atoms. The first-order chi connectivity index (χ1) is 11.4. The van der Waals surface area contributed by atoms with Gasteiger partial charge in [0, 0.05) is 11.7 Å². The molecule has 0 spiro atoms. The molecule has 1 aliphatic rings. The summed E-state index contributed by atoms with van der Waals surface area (Å²) in [6.07, 6.45) is 4.28. The third-order valence-electron chi connectivity index (χ3n) is 4.49. The minimum atomic E-state index is -0.993. The zero-order valence-electron chi connectivity index (χ0n) is 14.2. The van der Waals surface area contributed by atoms with Gasteiger partial charge in [-0.15, -0.1) is 0 Å². The zero-order valence-corrected chi connectivity index (χ0v) is 14.2. The van der Waals surface area contributed by atoms with E-state index in [4.69, 9.17) is 5.11 Å². The Labute approximate surface area is 140 Å². The largest absolute Gasteiger partial charge is 0.480 e. The van der Waals surface area contributed by atoms with Crippen LogP contribution in [0, 0.1) is 6.92 Å². The zero-order chi connectivity index (χ0) is 17.4. The first-order valence-electron chi connectivity index (χ1n) is 8.30. The summed E-state index contributed by atoms with van der Waals surface area (Å²) in [7, 11) is 0. The summed E-state index contributed by atoms with van der Waals surface area (Å²) in [6, 6.07) is 1.94. The Morgan fingerprint density at radius 2 is 2.17 bits per heavy atom. The third kappa shape index (κ3) is 2.98. The monoisotopic (exact) mass is 330 g/mol. The van der Waals surface area contributed by atoms with Gasteiger partial charge in [-0.25, -0.2) is 9.67 Å². The van der Waals surface area contributed by atoms with Gasteiger partial charge in [0.05, 0.1) is 23.2 Å². The molecule has 1 amide bonds. The number of hydrogen-bond donors (Lipinski definition) is 1. The molecule has 2 heterocycles. The number of carboxylic acids is 1. The van der Waals surface area contributed by atoms with E-state index in [-0.39, 0.29) is 24.5 Å². The summed E-state index contributed by atoms with van der Waals surface area (Å²) < 4.78 is 1.83. The van der Waals surface area contributed by atoms with E-state index < -0.39 is 5.97 Å². The van der Waals surface area contributed by atoms with Crippen LogP contribution >= 0.6 is 0 Å². The van der Waals surface area contributed by atoms with Crippen LogP contribution in [0.1, 0.15) is 55.2 Å². The Hall–Kier alpha value is -2.44. The number of nitrogens with zero attached hydrogens (tertiary/aromatic N) is 4. The number of aliphatic carboxylic acids is 1. The van der Waals surface area contributed by atoms with Crippen LogP contribution in [-0.2, 0) is 4.79 Å². The van der Waals surface area contributed by atoms with E-state index in [9.17, 15) is 9.59 Å². The highest BCUT2D eigenvalue weighted by Gasteiger charge is 2.35. The number of pyridine rings is 1. The van der Waals surface area contributed by atoms with E-state index in [1.807, 2.05) is 11.6 Å². The number of carbonyl (C=O) groups excluding carboxylic acids is 1. The van der Waals surface area contributed by atoms with Crippen molar-refractivity contribution in [1.82, 2.24) is 19.7 Å². The topological polar surface area (TPSA) is 88.3 Å². The van der Waals surface area contributed by atoms with E-state index in [2.05, 4.69) is 23.9 Å². The lowest BCUT2D eigenvalue weighted by molar-refractivity contribution is -0.137. The minimum Gasteiger partial charge on any atom is -0.480 e. The molecule has 0 radical (unpaired) electrons. The highest BCUT2D eigenvalue weighted by molar-refractivity contribution is 6.06. The summed E-state index contributed by atoms with van der Waals surface area (Å²) in [6.45, 7) is 5.69. The van der Waals surface area contributed by atoms with Crippen LogP contribution in [0.5, 0.6) is 0 Å². The van der Waals surface area contributed by atoms with Gasteiger partial charge in [-0.05, 0) is 39.2 Å². The van der Waals surface area contributed by atoms with Crippen molar-refractivity contribution in [2.75, 3.05) is 6.54 Å². The number of carbonyl (C=O) groups is 2. The fraction of sp³-hybridized carbons (Fsp3) is 0.529. The van der Waals surface area contributed by atoms with Crippen molar-refractivity contribution in [2.24, 2.45) is 0 Å². The van der Waals surface area contributed by atoms with E-state index >= 15 is 0 Å². The highest BCUT2D eigenvalue weighted by Crippen LogP contribution is 2.30. The number of fused-ring (bicyclic) bond motifs is 1. The molecule has 0 aromatic carbocycles. The normalized spacial score (nSPS) is 15.5. The summed E-state index contributed by atoms with van der Waals surface area (Å²) in [4.78, 5) is 30.1. The van der Waals surface area contributed by atoms with Crippen LogP contribution in [0.15, 0.2) is 12.3 Å². The molecule has 2 aromatic heterocycles. The molecule has 24 heavy (non-hydrogen) atoms. The maximum absolute atomic E-state index is 13.0. The number of rotatable bonds is 6. The number of amides is 1. The molecule has 1 atom stereocenters. The molecular weight excluding hydrogens is 308 g/mol. The molecule has 1 aliphatic carbocycles. The predicted molar refractivity (Wildman–Crippen MR) is 89.0 cm³/mol. The molecule has 0 aliphatic heterocycles. The predicted octanol–water partition coefficient (Wildman–Crippen LogP) is 2.40. The fourth-order valence-corrected chi connectivity index (χ4v) is 2.87. The lowest BCUT2D eigenvalue weighted by atomic mass is 10.1. The van der Waals surface area contributed by atoms with Crippen LogP contribution in [0.3, 0.4) is 0 Å². The van der Waals surface area contributed by atoms with Crippen molar-refractivity contribution in [3.8, 4) is 0 Å². The number of carboxylic acid groups (broad SMARTS) is 1. The van der Waals surface area contributed by atoms with Gasteiger partial charge in [0.1, 0.15) is 6.54 Å². The molecule has 1 N–H and O–H groups in total. The van der Waals surface area contributed by atoms with E-state index in [0.29, 0.717) is 16.6 Å². The van der Waals surface area contributed by atoms with Crippen molar-refractivity contribution in [2.45, 2.75) is 52.1 Å². The molecule has 2 aromatic rings. The van der Waals surface area contributed by atoms with Crippen molar-refractivity contribution in [3.63, 3.8) is 0 Å². The summed E-state index contributed by atoms with van der Waals surface area (Å²) in [5, 5.41) is 14.2. The number of aromatic nitrogens is 3. The Morgan fingerprint density at radius 1 is 1.46 bits per heavy atom. The van der Waals surface area contributed by atoms with Crippen molar-refractivity contribution >= 4 is 22.9 Å². The van der Waals surface area contributed by atoms with Crippen molar-refractivity contribution in [1.29, 1.82) is 0 Å². The lowest BCUT2D eigenvalue weighted by Crippen LogP contribution is -2.37. The second kappa shape index (κ2) is 6.22. The van der Waals surface area contributed by atoms with Crippen LogP contribution in [0.4, 0.5) is 0 Å². The molecule has 1 fully saturated rings. The minimum absolute atomic E-state index is 0.0294. The maximum Gasteiger partial charge on any atom is 0.323 e. The van der Waals surface area contributed by atoms with Gasteiger partial charge in [0.25, 0.3) is 5.91 Å². The quantitative estimate of drug-likeness (QED) is 0.878. The number of hydrogen-bond acceptors (Lipinski definition) is 4. The Bertz CT molecular complexity index is 794. The standard InChI is InChI=1S/C17H22N4O3/c1-4-11(3)21-16-14(8-18-21)13(7-10(2)19-16)17(24)20(9-15(22)23)12-5-6-12/h7-8,11-12H,4-6,9H2,1-3H3,(H,22,23). The smallest absolute Gasteiger partial charge is 0.323 e. The van der Waals surface area contributed by atoms with Crippen LogP contribution in [-0.4, -0.2) is 49.2 Å². The fourth-order valence-electron chi connectivity index (χ4n) is 2.87. The average molecular weight is 330 g/mol. The van der Waals surface area contributed by atoms with Gasteiger partial charge in [-0.1, -0.05) is 6.92 Å². The first kappa shape index (κ1) is 16.4. The van der Waals surface area contributed by atoms with Gasteiger partial charge in [0.2, 0.25) is 0 Å². The Morgan fingerprint density at radius 3 is 2.75 bits per heavy atom. The second-order valence-corrected chi connectivity index (χ2v) is 6.45. The third-order valence-corrected chi connectivity index (χ3v) is 4.49. The van der Waals surface area contributed by atoms with E-state index in [1.165, 1.54) is 4.90 Å². The van der Waals surface area contributed by atoms with Gasteiger partial charge >= 0.3 is 5.97 Å². The Kier molecular flexibility index (Phi) is 4.26. The van der Waals surface area contributed by atoms with Gasteiger partial charge in [-0.3, -0.25) is 9.59 Å². The maximum atomic E-state index is 13.0. The molecule has 3 rings (SSSR count). The highest BCUT2D eigenvalue weighted by atomic mass is 16.4. The Balaban J connectivity index is 2.06. The van der Waals surface area contributed by atoms with E-state index in [1.54, 1.807) is 12.3 Å². The van der Waals surface area contributed by atoms with Crippen LogP contribution < -0.4 is 0 Å². The average Bonchev–Trinajstić information content (AvgIpc) is 3.30. The first-order valence-corrected chi connectivity index (χ1v) is 8.30. The molecule has 0 saturated heterocycles. The van der Waals surface area contributed by atoms with Crippen molar-refractivity contribution < 1.29 is 14.7 Å². The van der Waals surface area contributed by atoms with Crippen molar-refractivity contribution in [3.05, 3.63) is 23.5 Å². The summed E-state index contributed by atoms with van der Waals surface area (Å²) in [5.74, 6) is -1.24. The second-order valence-electron chi connectivity index (χ2n) is 6.45. The molecule has 1 saturated carbocycles. The van der Waals surface area contributed by atoms with Gasteiger partial charge < -0.3 is 10.0 Å². The number of aryl methyl sites for hydroxylation is 1. The molecular formula is C17H22N4O3. The summed E-state index contributed by atoms with van der Waals surface area (Å²) >= 11 is 0. The summed E-state index contributed by atoms with van der Waals surface area (Å²) in [5.41, 5.74) is 1.89. The molecule has 7 nitrogen and oxygen atoms in total. The van der Waals surface area contributed by atoms with E-state index in [0.717, 1.165) is 25.0 Å². The lowest BCUT2D eigenvalue weighted by Gasteiger charge is -2.21. The van der Waals surface area contributed by atoms with Gasteiger partial charge in [-0.2, -0.15) is 5.10 Å². The molecule has 128 valence electrons. The molecule has 7 heteroatoms. The SMILES string of the molecule is CCC(C)n1ncc2c(C(=O)N(CC(=O)O)C3CC3)cc(C)nc21. The van der Waals surface area contributed by atoms with Crippen LogP contribution in [0.25, 0.3) is 11.0 Å². The van der Waals surface area contributed by atoms with Crippen LogP contribution in [0.2, 0.25) is 0 Å². The van der Waals surface area contributed by atoms with Gasteiger partial charge in [0.15, 0.2) is 5.65 Å².